The van der Waals surface area contributed by atoms with Crippen LogP contribution in [0.5, 0.6) is 0 Å². The molecule has 0 spiro atoms. The van der Waals surface area contributed by atoms with Crippen LogP contribution >= 0.6 is 0 Å². The first-order chi connectivity index (χ1) is 19.0. The van der Waals surface area contributed by atoms with Gasteiger partial charge in [0.25, 0.3) is 0 Å². The second-order valence-corrected chi connectivity index (χ2v) is 21.2. The van der Waals surface area contributed by atoms with Crippen molar-refractivity contribution in [2.45, 2.75) is 134 Å². The summed E-state index contributed by atoms with van der Waals surface area (Å²) in [4.78, 5) is 0. The normalized spacial score (nSPS) is 18.4. The molecule has 0 aromatic heterocycles. The summed E-state index contributed by atoms with van der Waals surface area (Å²) >= 11 is 1.95. The minimum atomic E-state index is 0.0991. The van der Waals surface area contributed by atoms with Crippen molar-refractivity contribution in [2.24, 2.45) is 0 Å². The Morgan fingerprint density at radius 3 is 1.48 bits per heavy atom. The van der Waals surface area contributed by atoms with Gasteiger partial charge in [0.1, 0.15) is 0 Å². The van der Waals surface area contributed by atoms with Crippen LogP contribution in [0.2, 0.25) is 11.1 Å². The Bertz CT molecular complexity index is 1210. The molecule has 0 amide bonds. The van der Waals surface area contributed by atoms with Gasteiger partial charge < -0.3 is 0 Å². The van der Waals surface area contributed by atoms with E-state index in [1.54, 1.807) is 51.4 Å². The Morgan fingerprint density at radius 1 is 0.700 bits per heavy atom. The minimum absolute atomic E-state index is 0.0991. The maximum absolute atomic E-state index is 2.99. The molecule has 0 atom stereocenters. The molecular formula is C38H52SiZr. The number of fused-ring (bicyclic) bond motifs is 3. The summed E-state index contributed by atoms with van der Waals surface area (Å²) < 4.78 is 0. The Kier molecular flexibility index (Phi) is 11.4. The fourth-order valence-corrected chi connectivity index (χ4v) is 13.4. The second kappa shape index (κ2) is 14.4. The molecule has 0 unspecified atom stereocenters. The van der Waals surface area contributed by atoms with Crippen molar-refractivity contribution in [2.75, 3.05) is 0 Å². The van der Waals surface area contributed by atoms with Crippen molar-refractivity contribution in [3.05, 3.63) is 77.9 Å². The molecule has 0 nitrogen and oxygen atoms in total. The van der Waals surface area contributed by atoms with E-state index in [2.05, 4.69) is 96.2 Å². The average Bonchev–Trinajstić information content (AvgIpc) is 3.64. The van der Waals surface area contributed by atoms with Crippen LogP contribution in [-0.4, -0.2) is 5.43 Å². The van der Waals surface area contributed by atoms with E-state index < -0.39 is 0 Å². The van der Waals surface area contributed by atoms with Crippen LogP contribution in [-0.2, 0) is 34.2 Å². The van der Waals surface area contributed by atoms with Crippen molar-refractivity contribution >= 4 is 27.0 Å². The Hall–Kier alpha value is -1.11. The van der Waals surface area contributed by atoms with E-state index in [1.807, 2.05) is 35.5 Å². The summed E-state index contributed by atoms with van der Waals surface area (Å²) in [5, 5.41) is 5.48. The van der Waals surface area contributed by atoms with Crippen LogP contribution < -0.4 is 0 Å². The van der Waals surface area contributed by atoms with Gasteiger partial charge in [0.2, 0.25) is 0 Å². The van der Waals surface area contributed by atoms with Crippen molar-refractivity contribution in [1.29, 1.82) is 0 Å². The van der Waals surface area contributed by atoms with Crippen LogP contribution in [0.25, 0.3) is 21.5 Å². The molecule has 0 aliphatic heterocycles. The van der Waals surface area contributed by atoms with Gasteiger partial charge in [-0.3, -0.25) is 6.08 Å². The molecule has 212 valence electrons. The number of hydrogen-bond acceptors (Lipinski definition) is 0. The molecule has 40 heavy (non-hydrogen) atoms. The SMILES string of the molecule is CC(C)(C)c1ccc2c(c1)[cH-]c1cc(C(C)(C)C)ccc12.[C-]1=CC=CC1.[Zr+2]=[Si](C1CCCCC1)C1CCCCC1. The number of benzene rings is 2. The molecule has 3 aromatic rings. The first-order valence-corrected chi connectivity index (χ1v) is 21.3. The summed E-state index contributed by atoms with van der Waals surface area (Å²) in [5.74, 6) is 0. The molecule has 3 aliphatic rings. The number of rotatable bonds is 2. The van der Waals surface area contributed by atoms with Crippen molar-refractivity contribution in [3.63, 3.8) is 0 Å². The van der Waals surface area contributed by atoms with Crippen LogP contribution in [0, 0.1) is 6.08 Å². The molecule has 3 aliphatic carbocycles. The first-order valence-electron chi connectivity index (χ1n) is 16.0. The van der Waals surface area contributed by atoms with Gasteiger partial charge in [-0.1, -0.05) is 76.9 Å². The molecule has 0 N–H and O–H groups in total. The third kappa shape index (κ3) is 8.70. The van der Waals surface area contributed by atoms with Gasteiger partial charge in [0.05, 0.1) is 0 Å². The van der Waals surface area contributed by atoms with E-state index in [1.165, 1.54) is 56.6 Å². The third-order valence-electron chi connectivity index (χ3n) is 9.11. The summed E-state index contributed by atoms with van der Waals surface area (Å²) in [6.45, 7) is 13.6. The Morgan fingerprint density at radius 2 is 1.15 bits per heavy atom. The molecule has 0 bridgehead atoms. The number of hydrogen-bond donors (Lipinski definition) is 0. The molecule has 0 radical (unpaired) electrons. The summed E-state index contributed by atoms with van der Waals surface area (Å²) in [7, 11) is 0. The molecule has 2 fully saturated rings. The van der Waals surface area contributed by atoms with Gasteiger partial charge in [-0.15, -0.1) is 46.2 Å². The van der Waals surface area contributed by atoms with Crippen LogP contribution in [0.4, 0.5) is 0 Å². The monoisotopic (exact) mass is 626 g/mol. The Balaban J connectivity index is 0.000000166. The molecule has 0 heterocycles. The van der Waals surface area contributed by atoms with Crippen molar-refractivity contribution < 1.29 is 23.3 Å². The molecule has 3 aromatic carbocycles. The van der Waals surface area contributed by atoms with E-state index >= 15 is 0 Å². The summed E-state index contributed by atoms with van der Waals surface area (Å²) in [5.41, 5.74) is 5.78. The maximum atomic E-state index is 2.99. The zero-order valence-electron chi connectivity index (χ0n) is 26.2. The fourth-order valence-electron chi connectivity index (χ4n) is 6.46. The topological polar surface area (TPSA) is 0 Å². The van der Waals surface area contributed by atoms with E-state index in [4.69, 9.17) is 0 Å². The molecule has 2 heteroatoms. The van der Waals surface area contributed by atoms with Crippen LogP contribution in [0.15, 0.2) is 60.7 Å². The average molecular weight is 628 g/mol. The number of allylic oxidation sites excluding steroid dienone is 4. The third-order valence-corrected chi connectivity index (χ3v) is 18.0. The van der Waals surface area contributed by atoms with Gasteiger partial charge in [0.15, 0.2) is 0 Å². The molecule has 0 saturated heterocycles. The second-order valence-electron chi connectivity index (χ2n) is 14.4. The predicted molar refractivity (Wildman–Crippen MR) is 175 cm³/mol. The van der Waals surface area contributed by atoms with E-state index in [9.17, 15) is 0 Å². The van der Waals surface area contributed by atoms with Gasteiger partial charge in [-0.05, 0) is 10.8 Å². The summed E-state index contributed by atoms with van der Waals surface area (Å²) in [6, 6.07) is 16.2. The van der Waals surface area contributed by atoms with Gasteiger partial charge in [-0.25, -0.2) is 12.2 Å². The quantitative estimate of drug-likeness (QED) is 0.196. The van der Waals surface area contributed by atoms with E-state index in [0.29, 0.717) is 0 Å². The predicted octanol–water partition coefficient (Wildman–Crippen LogP) is 11.8. The van der Waals surface area contributed by atoms with Gasteiger partial charge >= 0.3 is 104 Å². The van der Waals surface area contributed by atoms with Gasteiger partial charge in [0, 0.05) is 0 Å². The van der Waals surface area contributed by atoms with Crippen LogP contribution in [0.3, 0.4) is 0 Å². The first kappa shape index (κ1) is 31.8. The zero-order chi connectivity index (χ0) is 28.8. The standard InChI is InChI=1S/C21H25.C12H22Si.C5H5.Zr/c1-20(2,3)16-7-9-18-14(12-16)11-15-13-17(21(4,5)6)8-10-19(15)18;1-3-7-11(8-4-1)13-12-9-5-2-6-10-12;1-2-4-5-3-1;/h7-13H,1-6H3;11-12H,1-10H2;1-3H,4H2;/q-1;;-1;+2. The fraction of sp³-hybridized carbons (Fsp3) is 0.553. The van der Waals surface area contributed by atoms with Crippen molar-refractivity contribution in [1.82, 2.24) is 0 Å². The molecule has 6 rings (SSSR count). The van der Waals surface area contributed by atoms with E-state index in [-0.39, 0.29) is 16.3 Å². The molecule has 2 saturated carbocycles. The van der Waals surface area contributed by atoms with Crippen molar-refractivity contribution in [3.8, 4) is 0 Å². The van der Waals surface area contributed by atoms with E-state index in [0.717, 1.165) is 6.42 Å². The van der Waals surface area contributed by atoms with Gasteiger partial charge in [-0.2, -0.15) is 6.08 Å². The van der Waals surface area contributed by atoms with Crippen LogP contribution in [0.1, 0.15) is 123 Å². The zero-order valence-corrected chi connectivity index (χ0v) is 29.7. The molecular weight excluding hydrogens is 576 g/mol. The summed E-state index contributed by atoms with van der Waals surface area (Å²) in [6.07, 6.45) is 25.7. The Labute approximate surface area is 260 Å².